The van der Waals surface area contributed by atoms with Crippen LogP contribution in [-0.2, 0) is 0 Å². The first-order valence-corrected chi connectivity index (χ1v) is 8.41. The van der Waals surface area contributed by atoms with Gasteiger partial charge in [0.2, 0.25) is 0 Å². The van der Waals surface area contributed by atoms with Crippen molar-refractivity contribution in [3.8, 4) is 0 Å². The van der Waals surface area contributed by atoms with Gasteiger partial charge in [-0.2, -0.15) is 0 Å². The molecule has 0 bridgehead atoms. The Kier molecular flexibility index (Phi) is 4.14. The summed E-state index contributed by atoms with van der Waals surface area (Å²) in [7, 11) is 0. The highest BCUT2D eigenvalue weighted by molar-refractivity contribution is 5.34. The van der Waals surface area contributed by atoms with E-state index in [1.54, 1.807) is 12.1 Å². The average Bonchev–Trinajstić information content (AvgIpc) is 2.60. The van der Waals surface area contributed by atoms with E-state index in [1.807, 2.05) is 24.3 Å². The largest absolute Gasteiger partial charge is 0.291 e. The molecule has 0 radical (unpaired) electrons. The van der Waals surface area contributed by atoms with Gasteiger partial charge < -0.3 is 0 Å². The first-order chi connectivity index (χ1) is 11.8. The number of rotatable bonds is 4. The van der Waals surface area contributed by atoms with Gasteiger partial charge in [-0.05, 0) is 22.8 Å². The van der Waals surface area contributed by atoms with Crippen molar-refractivity contribution in [1.29, 1.82) is 0 Å². The summed E-state index contributed by atoms with van der Waals surface area (Å²) in [6, 6.07) is 28.5. The molecule has 0 N–H and O–H groups in total. The molecule has 0 spiro atoms. The van der Waals surface area contributed by atoms with Crippen molar-refractivity contribution < 1.29 is 4.39 Å². The van der Waals surface area contributed by atoms with Crippen molar-refractivity contribution in [2.45, 2.75) is 12.0 Å². The second kappa shape index (κ2) is 6.58. The van der Waals surface area contributed by atoms with Crippen molar-refractivity contribution in [1.82, 2.24) is 4.90 Å². The third-order valence-corrected chi connectivity index (χ3v) is 4.85. The van der Waals surface area contributed by atoms with Crippen LogP contribution in [0.1, 0.15) is 28.7 Å². The Labute approximate surface area is 142 Å². The normalized spacial score (nSPS) is 15.4. The molecular weight excluding hydrogens is 297 g/mol. The molecule has 3 aromatic carbocycles. The van der Waals surface area contributed by atoms with Gasteiger partial charge in [0.1, 0.15) is 5.82 Å². The summed E-state index contributed by atoms with van der Waals surface area (Å²) in [5.74, 6) is 0.194. The molecule has 0 atom stereocenters. The maximum atomic E-state index is 14.0. The molecule has 0 aromatic heterocycles. The van der Waals surface area contributed by atoms with Gasteiger partial charge in [0.15, 0.2) is 0 Å². The maximum absolute atomic E-state index is 14.0. The van der Waals surface area contributed by atoms with Crippen LogP contribution in [0.3, 0.4) is 0 Å². The molecule has 0 unspecified atom stereocenters. The zero-order valence-corrected chi connectivity index (χ0v) is 13.5. The van der Waals surface area contributed by atoms with E-state index in [0.29, 0.717) is 0 Å². The first-order valence-electron chi connectivity index (χ1n) is 8.41. The molecule has 1 saturated heterocycles. The minimum Gasteiger partial charge on any atom is -0.291 e. The Morgan fingerprint density at radius 1 is 0.708 bits per heavy atom. The van der Waals surface area contributed by atoms with Gasteiger partial charge >= 0.3 is 0 Å². The fourth-order valence-corrected chi connectivity index (χ4v) is 3.61. The van der Waals surface area contributed by atoms with Crippen LogP contribution < -0.4 is 0 Å². The summed E-state index contributed by atoms with van der Waals surface area (Å²) in [5.41, 5.74) is 3.42. The van der Waals surface area contributed by atoms with Gasteiger partial charge in [0.05, 0.1) is 6.04 Å². The lowest BCUT2D eigenvalue weighted by Crippen LogP contribution is -2.47. The summed E-state index contributed by atoms with van der Waals surface area (Å²) >= 11 is 0. The average molecular weight is 317 g/mol. The zero-order chi connectivity index (χ0) is 16.4. The van der Waals surface area contributed by atoms with E-state index in [-0.39, 0.29) is 17.8 Å². The molecule has 1 fully saturated rings. The Bertz CT molecular complexity index is 755. The number of benzene rings is 3. The molecule has 24 heavy (non-hydrogen) atoms. The van der Waals surface area contributed by atoms with Crippen LogP contribution in [0.2, 0.25) is 0 Å². The molecule has 3 aromatic rings. The summed E-state index contributed by atoms with van der Waals surface area (Å²) in [5, 5.41) is 0. The summed E-state index contributed by atoms with van der Waals surface area (Å²) in [6.45, 7) is 1.77. The van der Waals surface area contributed by atoms with Crippen LogP contribution in [0.5, 0.6) is 0 Å². The van der Waals surface area contributed by atoms with Crippen LogP contribution in [-0.4, -0.2) is 18.0 Å². The standard InChI is InChI=1S/C22H20FN/c23-21-14-8-7-13-20(21)19-15-24(16-19)22(17-9-3-1-4-10-17)18-11-5-2-6-12-18/h1-14,19,22H,15-16H2. The minimum atomic E-state index is -0.0851. The highest BCUT2D eigenvalue weighted by Gasteiger charge is 2.35. The highest BCUT2D eigenvalue weighted by Crippen LogP contribution is 2.38. The lowest BCUT2D eigenvalue weighted by atomic mass is 9.86. The molecule has 1 aliphatic rings. The molecule has 120 valence electrons. The number of halogens is 1. The Hall–Kier alpha value is -2.45. The fourth-order valence-electron chi connectivity index (χ4n) is 3.61. The molecule has 0 saturated carbocycles. The molecule has 1 heterocycles. The first kappa shape index (κ1) is 15.1. The third kappa shape index (κ3) is 2.85. The van der Waals surface area contributed by atoms with Gasteiger partial charge in [0.25, 0.3) is 0 Å². The Morgan fingerprint density at radius 3 is 1.75 bits per heavy atom. The summed E-state index contributed by atoms with van der Waals surface area (Å²) in [6.07, 6.45) is 0. The predicted molar refractivity (Wildman–Crippen MR) is 95.4 cm³/mol. The van der Waals surface area contributed by atoms with Crippen LogP contribution in [0.25, 0.3) is 0 Å². The summed E-state index contributed by atoms with van der Waals surface area (Å²) in [4.78, 5) is 2.43. The SMILES string of the molecule is Fc1ccccc1C1CN(C(c2ccccc2)c2ccccc2)C1. The van der Waals surface area contributed by atoms with Crippen LogP contribution in [0, 0.1) is 5.82 Å². The molecule has 0 amide bonds. The second-order valence-corrected chi connectivity index (χ2v) is 6.40. The number of hydrogen-bond acceptors (Lipinski definition) is 1. The highest BCUT2D eigenvalue weighted by atomic mass is 19.1. The van der Waals surface area contributed by atoms with E-state index in [9.17, 15) is 4.39 Å². The van der Waals surface area contributed by atoms with Crippen LogP contribution in [0.4, 0.5) is 4.39 Å². The summed E-state index contributed by atoms with van der Waals surface area (Å²) < 4.78 is 14.0. The van der Waals surface area contributed by atoms with E-state index in [0.717, 1.165) is 18.7 Å². The Balaban J connectivity index is 1.59. The van der Waals surface area contributed by atoms with E-state index >= 15 is 0 Å². The zero-order valence-electron chi connectivity index (χ0n) is 13.5. The van der Waals surface area contributed by atoms with Crippen molar-refractivity contribution >= 4 is 0 Å². The number of likely N-dealkylation sites (tertiary alicyclic amines) is 1. The lowest BCUT2D eigenvalue weighted by molar-refractivity contribution is 0.109. The van der Waals surface area contributed by atoms with Crippen LogP contribution in [0.15, 0.2) is 84.9 Å². The second-order valence-electron chi connectivity index (χ2n) is 6.40. The van der Waals surface area contributed by atoms with Crippen molar-refractivity contribution in [2.75, 3.05) is 13.1 Å². The van der Waals surface area contributed by atoms with Crippen LogP contribution >= 0.6 is 0 Å². The molecule has 1 nitrogen and oxygen atoms in total. The fraction of sp³-hybridized carbons (Fsp3) is 0.182. The van der Waals surface area contributed by atoms with Gasteiger partial charge in [-0.1, -0.05) is 78.9 Å². The smallest absolute Gasteiger partial charge is 0.126 e. The van der Waals surface area contributed by atoms with E-state index in [4.69, 9.17) is 0 Å². The van der Waals surface area contributed by atoms with E-state index < -0.39 is 0 Å². The van der Waals surface area contributed by atoms with Gasteiger partial charge in [-0.3, -0.25) is 4.90 Å². The molecule has 0 aliphatic carbocycles. The quantitative estimate of drug-likeness (QED) is 0.653. The monoisotopic (exact) mass is 317 g/mol. The molecule has 1 aliphatic heterocycles. The van der Waals surface area contributed by atoms with Crippen molar-refractivity contribution in [2.24, 2.45) is 0 Å². The topological polar surface area (TPSA) is 3.24 Å². The molecule has 2 heteroatoms. The van der Waals surface area contributed by atoms with E-state index in [2.05, 4.69) is 53.4 Å². The Morgan fingerprint density at radius 2 is 1.21 bits per heavy atom. The van der Waals surface area contributed by atoms with E-state index in [1.165, 1.54) is 11.1 Å². The third-order valence-electron chi connectivity index (χ3n) is 4.85. The predicted octanol–water partition coefficient (Wildman–Crippen LogP) is 5.01. The van der Waals surface area contributed by atoms with Crippen molar-refractivity contribution in [3.63, 3.8) is 0 Å². The molecular formula is C22H20FN. The lowest BCUT2D eigenvalue weighted by Gasteiger charge is -2.45. The molecule has 4 rings (SSSR count). The maximum Gasteiger partial charge on any atom is 0.126 e. The van der Waals surface area contributed by atoms with Gasteiger partial charge in [0, 0.05) is 19.0 Å². The number of hydrogen-bond donors (Lipinski definition) is 0. The number of nitrogens with zero attached hydrogens (tertiary/aromatic N) is 1. The minimum absolute atomic E-state index is 0.0851. The van der Waals surface area contributed by atoms with Crippen molar-refractivity contribution in [3.05, 3.63) is 107 Å². The van der Waals surface area contributed by atoms with Gasteiger partial charge in [-0.15, -0.1) is 0 Å². The van der Waals surface area contributed by atoms with Gasteiger partial charge in [-0.25, -0.2) is 4.39 Å².